The molecule has 1 aliphatic heterocycles. The van der Waals surface area contributed by atoms with Gasteiger partial charge in [-0.2, -0.15) is 0 Å². The van der Waals surface area contributed by atoms with Crippen molar-refractivity contribution in [1.82, 2.24) is 0 Å². The topological polar surface area (TPSA) is 46.2 Å². The van der Waals surface area contributed by atoms with Gasteiger partial charge in [0.1, 0.15) is 0 Å². The van der Waals surface area contributed by atoms with Crippen LogP contribution in [0.3, 0.4) is 0 Å². The molecule has 3 heteroatoms. The van der Waals surface area contributed by atoms with Crippen LogP contribution in [0.4, 0.5) is 0 Å². The quantitative estimate of drug-likeness (QED) is 0.508. The van der Waals surface area contributed by atoms with Gasteiger partial charge in [0, 0.05) is 0 Å². The van der Waals surface area contributed by atoms with E-state index in [0.717, 1.165) is 5.70 Å². The average Bonchev–Trinajstić information content (AvgIpc) is 2.41. The van der Waals surface area contributed by atoms with Crippen molar-refractivity contribution < 1.29 is 5.11 Å². The van der Waals surface area contributed by atoms with Crippen LogP contribution in [0.5, 0.6) is 0 Å². The van der Waals surface area contributed by atoms with Gasteiger partial charge >= 0.3 is 59.0 Å². The van der Waals surface area contributed by atoms with E-state index in [2.05, 4.69) is 0 Å². The fraction of sp³-hybridized carbons (Fsp3) is 0.333. The molecule has 0 aromatic rings. The SMILES string of the molecule is NC1=CC2[Se]C2(O)C=C1. The first kappa shape index (κ1) is 5.54. The van der Waals surface area contributed by atoms with Crippen LogP contribution in [0.1, 0.15) is 0 Å². The Balaban J connectivity index is 2.31. The standard InChI is InChI=1S/C6H7NOSe/c7-4-1-2-6(8)5(3-4)9-6/h1-3,5,8H,7H2. The van der Waals surface area contributed by atoms with Gasteiger partial charge in [0.25, 0.3) is 0 Å². The van der Waals surface area contributed by atoms with Crippen LogP contribution in [-0.4, -0.2) is 24.6 Å². The third-order valence-corrected chi connectivity index (χ3v) is 4.17. The van der Waals surface area contributed by atoms with Crippen LogP contribution in [0.25, 0.3) is 0 Å². The number of aliphatic hydroxyl groups is 1. The van der Waals surface area contributed by atoms with E-state index in [4.69, 9.17) is 5.73 Å². The summed E-state index contributed by atoms with van der Waals surface area (Å²) in [7, 11) is 0. The summed E-state index contributed by atoms with van der Waals surface area (Å²) < 4.78 is -0.449. The number of hydrogen-bond acceptors (Lipinski definition) is 2. The van der Waals surface area contributed by atoms with Gasteiger partial charge in [0.15, 0.2) is 0 Å². The first-order valence-electron chi connectivity index (χ1n) is 2.77. The number of nitrogens with two attached hydrogens (primary N) is 1. The second-order valence-corrected chi connectivity index (χ2v) is 5.22. The molecule has 2 unspecified atom stereocenters. The molecule has 1 aliphatic carbocycles. The predicted molar refractivity (Wildman–Crippen MR) is 35.9 cm³/mol. The second kappa shape index (κ2) is 1.43. The fourth-order valence-corrected chi connectivity index (χ4v) is 2.70. The molecule has 1 fully saturated rings. The van der Waals surface area contributed by atoms with Gasteiger partial charge in [0.05, 0.1) is 0 Å². The molecule has 3 N–H and O–H groups in total. The summed E-state index contributed by atoms with van der Waals surface area (Å²) in [4.78, 5) is 0.370. The Morgan fingerprint density at radius 1 is 1.78 bits per heavy atom. The summed E-state index contributed by atoms with van der Waals surface area (Å²) in [5.74, 6) is 0. The third kappa shape index (κ3) is 0.731. The van der Waals surface area contributed by atoms with E-state index in [-0.39, 0.29) is 0 Å². The maximum atomic E-state index is 9.41. The van der Waals surface area contributed by atoms with Crippen molar-refractivity contribution in [2.24, 2.45) is 5.73 Å². The monoisotopic (exact) mass is 189 g/mol. The van der Waals surface area contributed by atoms with E-state index < -0.39 is 4.50 Å². The van der Waals surface area contributed by atoms with E-state index in [1.165, 1.54) is 0 Å². The van der Waals surface area contributed by atoms with Gasteiger partial charge in [-0.15, -0.1) is 0 Å². The van der Waals surface area contributed by atoms with Crippen LogP contribution in [-0.2, 0) is 0 Å². The Labute approximate surface area is 59.6 Å². The van der Waals surface area contributed by atoms with Crippen molar-refractivity contribution >= 4 is 15.0 Å². The first-order chi connectivity index (χ1) is 4.21. The van der Waals surface area contributed by atoms with E-state index in [1.54, 1.807) is 6.08 Å². The Morgan fingerprint density at radius 2 is 2.56 bits per heavy atom. The van der Waals surface area contributed by atoms with Crippen LogP contribution >= 0.6 is 0 Å². The molecule has 0 bridgehead atoms. The number of hydrogen-bond donors (Lipinski definition) is 2. The minimum atomic E-state index is -0.449. The Hall–Kier alpha value is -0.241. The molecule has 0 saturated carbocycles. The maximum absolute atomic E-state index is 9.41. The van der Waals surface area contributed by atoms with Gasteiger partial charge in [0.2, 0.25) is 0 Å². The van der Waals surface area contributed by atoms with Crippen molar-refractivity contribution in [1.29, 1.82) is 0 Å². The Bertz CT molecular complexity index is 211. The van der Waals surface area contributed by atoms with Gasteiger partial charge in [-0.1, -0.05) is 0 Å². The van der Waals surface area contributed by atoms with Crippen molar-refractivity contribution in [3.05, 3.63) is 23.9 Å². The van der Waals surface area contributed by atoms with Crippen LogP contribution in [0.15, 0.2) is 23.9 Å². The second-order valence-electron chi connectivity index (χ2n) is 2.29. The zero-order chi connectivity index (χ0) is 6.48. The van der Waals surface area contributed by atoms with Crippen molar-refractivity contribution in [3.8, 4) is 0 Å². The van der Waals surface area contributed by atoms with Crippen molar-refractivity contribution in [3.63, 3.8) is 0 Å². The average molecular weight is 188 g/mol. The summed E-state index contributed by atoms with van der Waals surface area (Å²) in [6, 6.07) is 0. The molecule has 0 radical (unpaired) electrons. The molecule has 0 aromatic carbocycles. The summed E-state index contributed by atoms with van der Waals surface area (Å²) in [6.45, 7) is 0. The molecule has 1 heterocycles. The van der Waals surface area contributed by atoms with E-state index in [9.17, 15) is 5.11 Å². The zero-order valence-electron chi connectivity index (χ0n) is 4.74. The normalized spacial score (nSPS) is 45.9. The molecule has 2 nitrogen and oxygen atoms in total. The summed E-state index contributed by atoms with van der Waals surface area (Å²) >= 11 is 0.352. The van der Waals surface area contributed by atoms with Crippen LogP contribution in [0, 0.1) is 0 Å². The summed E-state index contributed by atoms with van der Waals surface area (Å²) in [5, 5.41) is 9.41. The van der Waals surface area contributed by atoms with Gasteiger partial charge in [-0.3, -0.25) is 0 Å². The third-order valence-electron chi connectivity index (χ3n) is 1.52. The van der Waals surface area contributed by atoms with Crippen molar-refractivity contribution in [2.75, 3.05) is 0 Å². The van der Waals surface area contributed by atoms with Crippen molar-refractivity contribution in [2.45, 2.75) is 9.32 Å². The molecule has 0 amide bonds. The van der Waals surface area contributed by atoms with Crippen LogP contribution in [0.2, 0.25) is 4.82 Å². The summed E-state index contributed by atoms with van der Waals surface area (Å²) in [6.07, 6.45) is 5.54. The molecule has 48 valence electrons. The van der Waals surface area contributed by atoms with Gasteiger partial charge in [-0.05, 0) is 0 Å². The molecule has 0 aromatic heterocycles. The predicted octanol–water partition coefficient (Wildman–Crippen LogP) is -0.406. The summed E-state index contributed by atoms with van der Waals surface area (Å²) in [5.41, 5.74) is 6.28. The van der Waals surface area contributed by atoms with E-state index >= 15 is 0 Å². The zero-order valence-corrected chi connectivity index (χ0v) is 6.46. The van der Waals surface area contributed by atoms with Gasteiger partial charge in [-0.25, -0.2) is 0 Å². The van der Waals surface area contributed by atoms with Gasteiger partial charge < -0.3 is 0 Å². The molecule has 1 saturated heterocycles. The molecule has 2 rings (SSSR count). The number of fused-ring (bicyclic) bond motifs is 1. The Kier molecular flexibility index (Phi) is 0.878. The Morgan fingerprint density at radius 3 is 3.11 bits per heavy atom. The fourth-order valence-electron chi connectivity index (χ4n) is 0.903. The minimum absolute atomic E-state index is 0.352. The molecule has 9 heavy (non-hydrogen) atoms. The molecule has 0 spiro atoms. The van der Waals surface area contributed by atoms with Crippen LogP contribution < -0.4 is 5.73 Å². The van der Waals surface area contributed by atoms with E-state index in [0.29, 0.717) is 19.8 Å². The van der Waals surface area contributed by atoms with E-state index in [1.807, 2.05) is 12.2 Å². The molecule has 2 aliphatic rings. The number of allylic oxidation sites excluding steroid dienone is 1. The molecular weight excluding hydrogens is 181 g/mol. The first-order valence-corrected chi connectivity index (χ1v) is 4.62. The molecule has 2 atom stereocenters. The molecular formula is C6H7NOSe. The number of rotatable bonds is 0.